The Morgan fingerprint density at radius 1 is 1.22 bits per heavy atom. The number of rotatable bonds is 10. The highest BCUT2D eigenvalue weighted by atomic mass is 32.2. The van der Waals surface area contributed by atoms with Gasteiger partial charge in [-0.3, -0.25) is 19.8 Å². The van der Waals surface area contributed by atoms with Crippen molar-refractivity contribution < 1.29 is 14.4 Å². The number of hydrogen-bond acceptors (Lipinski definition) is 8. The van der Waals surface area contributed by atoms with Crippen molar-refractivity contribution in [1.82, 2.24) is 20.4 Å². The molecular formula is C21H24N6O3S2. The van der Waals surface area contributed by atoms with Gasteiger partial charge in [0.25, 0.3) is 5.91 Å². The van der Waals surface area contributed by atoms with Gasteiger partial charge in [-0.2, -0.15) is 5.26 Å². The van der Waals surface area contributed by atoms with Gasteiger partial charge in [-0.1, -0.05) is 61.9 Å². The number of nitrogens with one attached hydrogen (secondary N) is 2. The van der Waals surface area contributed by atoms with Gasteiger partial charge in [-0.25, -0.2) is 4.79 Å². The van der Waals surface area contributed by atoms with Crippen LogP contribution in [0.3, 0.4) is 0 Å². The van der Waals surface area contributed by atoms with E-state index in [4.69, 9.17) is 5.26 Å². The summed E-state index contributed by atoms with van der Waals surface area (Å²) in [5.41, 5.74) is 0.723. The second-order valence-electron chi connectivity index (χ2n) is 7.42. The third kappa shape index (κ3) is 5.44. The lowest BCUT2D eigenvalue weighted by atomic mass is 9.88. The predicted octanol–water partition coefficient (Wildman–Crippen LogP) is 3.53. The maximum Gasteiger partial charge on any atom is 0.325 e. The van der Waals surface area contributed by atoms with Crippen LogP contribution in [0, 0.1) is 11.3 Å². The van der Waals surface area contributed by atoms with Crippen LogP contribution in [0.5, 0.6) is 0 Å². The highest BCUT2D eigenvalue weighted by Crippen LogP contribution is 2.30. The number of carbonyl (C=O) groups excluding carboxylic acids is 3. The number of carbonyl (C=O) groups is 3. The monoisotopic (exact) mass is 472 g/mol. The van der Waals surface area contributed by atoms with Crippen molar-refractivity contribution >= 4 is 46.1 Å². The number of amides is 4. The first kappa shape index (κ1) is 23.7. The quantitative estimate of drug-likeness (QED) is 0.307. The van der Waals surface area contributed by atoms with Crippen LogP contribution in [0.15, 0.2) is 28.6 Å². The third-order valence-electron chi connectivity index (χ3n) is 5.00. The molecule has 0 unspecified atom stereocenters. The summed E-state index contributed by atoms with van der Waals surface area (Å²) in [6.07, 6.45) is 2.58. The number of urea groups is 1. The lowest BCUT2D eigenvalue weighted by molar-refractivity contribution is -0.134. The molecule has 2 aromatic rings. The first-order valence-electron chi connectivity index (χ1n) is 10.3. The molecule has 0 radical (unpaired) electrons. The van der Waals surface area contributed by atoms with Gasteiger partial charge in [-0.15, -0.1) is 10.2 Å². The summed E-state index contributed by atoms with van der Waals surface area (Å²) in [5.74, 6) is -0.206. The second kappa shape index (κ2) is 10.6. The summed E-state index contributed by atoms with van der Waals surface area (Å²) in [6.45, 7) is 3.55. The summed E-state index contributed by atoms with van der Waals surface area (Å²) in [5, 5.41) is 22.6. The summed E-state index contributed by atoms with van der Waals surface area (Å²) in [6, 6.07) is 8.81. The standard InChI is InChI=1S/C21H24N6O3S2/c1-3-9-21(10-4-2)17(29)27(19(30)24-21)12-16(28)23-18-25-26-20(32-18)31-13-15-7-5-14(11-22)6-8-15/h5-8H,3-4,9-10,12-13H2,1-2H3,(H,24,30)(H,23,25,28). The molecule has 0 aliphatic carbocycles. The molecule has 168 valence electrons. The van der Waals surface area contributed by atoms with Crippen LogP contribution in [-0.4, -0.2) is 45.0 Å². The maximum atomic E-state index is 12.9. The Balaban J connectivity index is 1.55. The van der Waals surface area contributed by atoms with Crippen LogP contribution in [0.1, 0.15) is 50.7 Å². The Labute approximate surface area is 194 Å². The molecule has 3 rings (SSSR count). The fraction of sp³-hybridized carbons (Fsp3) is 0.429. The number of anilines is 1. The molecule has 1 saturated heterocycles. The fourth-order valence-corrected chi connectivity index (χ4v) is 5.30. The van der Waals surface area contributed by atoms with E-state index in [1.807, 2.05) is 26.0 Å². The van der Waals surface area contributed by atoms with E-state index in [0.29, 0.717) is 33.6 Å². The summed E-state index contributed by atoms with van der Waals surface area (Å²) < 4.78 is 0.671. The van der Waals surface area contributed by atoms with Crippen molar-refractivity contribution in [3.8, 4) is 6.07 Å². The molecular weight excluding hydrogens is 448 g/mol. The van der Waals surface area contributed by atoms with E-state index in [-0.39, 0.29) is 12.5 Å². The molecule has 1 aromatic carbocycles. The summed E-state index contributed by atoms with van der Waals surface area (Å²) in [7, 11) is 0. The Morgan fingerprint density at radius 2 is 1.91 bits per heavy atom. The zero-order valence-electron chi connectivity index (χ0n) is 17.9. The van der Waals surface area contributed by atoms with E-state index < -0.39 is 17.5 Å². The Bertz CT molecular complexity index is 1020. The van der Waals surface area contributed by atoms with Crippen molar-refractivity contribution in [3.05, 3.63) is 35.4 Å². The van der Waals surface area contributed by atoms with Gasteiger partial charge < -0.3 is 5.32 Å². The third-order valence-corrected chi connectivity index (χ3v) is 7.04. The van der Waals surface area contributed by atoms with E-state index >= 15 is 0 Å². The number of imide groups is 1. The van der Waals surface area contributed by atoms with Crippen LogP contribution in [0.2, 0.25) is 0 Å². The zero-order chi connectivity index (χ0) is 23.1. The molecule has 0 saturated carbocycles. The smallest absolute Gasteiger partial charge is 0.323 e. The Kier molecular flexibility index (Phi) is 7.82. The van der Waals surface area contributed by atoms with Crippen molar-refractivity contribution in [1.29, 1.82) is 5.26 Å². The molecule has 0 bridgehead atoms. The number of benzene rings is 1. The number of thioether (sulfide) groups is 1. The lowest BCUT2D eigenvalue weighted by Crippen LogP contribution is -2.47. The molecule has 1 aliphatic rings. The number of nitrogens with zero attached hydrogens (tertiary/aromatic N) is 4. The lowest BCUT2D eigenvalue weighted by Gasteiger charge is -2.25. The second-order valence-corrected chi connectivity index (χ2v) is 9.62. The molecule has 32 heavy (non-hydrogen) atoms. The molecule has 1 fully saturated rings. The van der Waals surface area contributed by atoms with Gasteiger partial charge in [0.1, 0.15) is 12.1 Å². The SMILES string of the molecule is CCCC1(CCC)NC(=O)N(CC(=O)Nc2nnc(SCc3ccc(C#N)cc3)s2)C1=O. The molecule has 11 heteroatoms. The molecule has 9 nitrogen and oxygen atoms in total. The average Bonchev–Trinajstić information content (AvgIpc) is 3.31. The van der Waals surface area contributed by atoms with E-state index in [1.165, 1.54) is 23.1 Å². The van der Waals surface area contributed by atoms with Crippen molar-refractivity contribution in [2.24, 2.45) is 0 Å². The zero-order valence-corrected chi connectivity index (χ0v) is 19.5. The Morgan fingerprint density at radius 3 is 2.53 bits per heavy atom. The molecule has 1 aromatic heterocycles. The van der Waals surface area contributed by atoms with Gasteiger partial charge >= 0.3 is 6.03 Å². The van der Waals surface area contributed by atoms with E-state index in [1.54, 1.807) is 12.1 Å². The molecule has 4 amide bonds. The van der Waals surface area contributed by atoms with Crippen LogP contribution in [0.4, 0.5) is 9.93 Å². The topological polar surface area (TPSA) is 128 Å². The maximum absolute atomic E-state index is 12.9. The fourth-order valence-electron chi connectivity index (χ4n) is 3.58. The summed E-state index contributed by atoms with van der Waals surface area (Å²) >= 11 is 2.68. The Hall–Kier alpha value is -2.97. The highest BCUT2D eigenvalue weighted by molar-refractivity contribution is 8.00. The van der Waals surface area contributed by atoms with Crippen molar-refractivity contribution in [3.63, 3.8) is 0 Å². The van der Waals surface area contributed by atoms with E-state index in [0.717, 1.165) is 23.3 Å². The van der Waals surface area contributed by atoms with Crippen molar-refractivity contribution in [2.75, 3.05) is 11.9 Å². The molecule has 2 heterocycles. The van der Waals surface area contributed by atoms with Crippen LogP contribution < -0.4 is 10.6 Å². The van der Waals surface area contributed by atoms with Crippen LogP contribution in [-0.2, 0) is 15.3 Å². The molecule has 1 aliphatic heterocycles. The normalized spacial score (nSPS) is 14.8. The highest BCUT2D eigenvalue weighted by Gasteiger charge is 2.50. The minimum Gasteiger partial charge on any atom is -0.323 e. The van der Waals surface area contributed by atoms with Gasteiger partial charge in [-0.05, 0) is 30.5 Å². The number of hydrogen-bond donors (Lipinski definition) is 2. The van der Waals surface area contributed by atoms with Gasteiger partial charge in [0.2, 0.25) is 11.0 Å². The number of aromatic nitrogens is 2. The molecule has 0 spiro atoms. The van der Waals surface area contributed by atoms with E-state index in [2.05, 4.69) is 26.9 Å². The van der Waals surface area contributed by atoms with E-state index in [9.17, 15) is 14.4 Å². The minimum atomic E-state index is -0.918. The minimum absolute atomic E-state index is 0.303. The first-order chi connectivity index (χ1) is 15.4. The first-order valence-corrected chi connectivity index (χ1v) is 12.1. The molecule has 2 N–H and O–H groups in total. The van der Waals surface area contributed by atoms with Gasteiger partial charge in [0.05, 0.1) is 11.6 Å². The predicted molar refractivity (Wildman–Crippen MR) is 122 cm³/mol. The van der Waals surface area contributed by atoms with Gasteiger partial charge in [0.15, 0.2) is 4.34 Å². The van der Waals surface area contributed by atoms with Gasteiger partial charge in [0, 0.05) is 5.75 Å². The van der Waals surface area contributed by atoms with Crippen LogP contribution >= 0.6 is 23.1 Å². The van der Waals surface area contributed by atoms with Crippen molar-refractivity contribution in [2.45, 2.75) is 55.2 Å². The average molecular weight is 473 g/mol. The largest absolute Gasteiger partial charge is 0.325 e. The number of nitriles is 1. The summed E-state index contributed by atoms with van der Waals surface area (Å²) in [4.78, 5) is 38.7. The van der Waals surface area contributed by atoms with Crippen LogP contribution in [0.25, 0.3) is 0 Å². The molecule has 0 atom stereocenters.